The maximum Gasteiger partial charge on any atom is 0.253 e. The van der Waals surface area contributed by atoms with Gasteiger partial charge in [-0.05, 0) is 73.6 Å². The van der Waals surface area contributed by atoms with E-state index in [2.05, 4.69) is 23.1 Å². The lowest BCUT2D eigenvalue weighted by Gasteiger charge is -2.41. The van der Waals surface area contributed by atoms with Crippen LogP contribution in [0.3, 0.4) is 0 Å². The van der Waals surface area contributed by atoms with Gasteiger partial charge < -0.3 is 4.90 Å². The number of fused-ring (bicyclic) bond motifs is 2. The van der Waals surface area contributed by atoms with Crippen LogP contribution in [0.5, 0.6) is 0 Å². The lowest BCUT2D eigenvalue weighted by atomic mass is 9.75. The summed E-state index contributed by atoms with van der Waals surface area (Å²) in [6.07, 6.45) is 11.6. The molecule has 0 spiro atoms. The van der Waals surface area contributed by atoms with Crippen molar-refractivity contribution in [3.8, 4) is 0 Å². The van der Waals surface area contributed by atoms with Gasteiger partial charge in [0.05, 0.1) is 0 Å². The Morgan fingerprint density at radius 3 is 2.55 bits per heavy atom. The van der Waals surface area contributed by atoms with Crippen molar-refractivity contribution in [3.63, 3.8) is 0 Å². The second-order valence-electron chi connectivity index (χ2n) is 7.54. The molecule has 0 unspecified atom stereocenters. The van der Waals surface area contributed by atoms with E-state index in [4.69, 9.17) is 0 Å². The van der Waals surface area contributed by atoms with Crippen molar-refractivity contribution in [1.29, 1.82) is 0 Å². The van der Waals surface area contributed by atoms with Crippen molar-refractivity contribution in [2.24, 2.45) is 11.8 Å². The van der Waals surface area contributed by atoms with Crippen molar-refractivity contribution in [2.45, 2.75) is 57.8 Å². The Kier molecular flexibility index (Phi) is 3.94. The van der Waals surface area contributed by atoms with Gasteiger partial charge in [0, 0.05) is 18.7 Å². The molecule has 2 fully saturated rings. The number of rotatable bonds is 1. The molecule has 1 aromatic carbocycles. The normalized spacial score (nSPS) is 27.9. The number of carbonyl (C=O) groups excluding carboxylic acids is 1. The van der Waals surface area contributed by atoms with Crippen molar-refractivity contribution < 1.29 is 4.79 Å². The van der Waals surface area contributed by atoms with E-state index in [1.807, 2.05) is 0 Å². The molecule has 0 radical (unpaired) electrons. The lowest BCUT2D eigenvalue weighted by Crippen LogP contribution is -2.44. The fourth-order valence-electron chi connectivity index (χ4n) is 4.83. The van der Waals surface area contributed by atoms with Crippen LogP contribution < -0.4 is 0 Å². The van der Waals surface area contributed by atoms with Crippen LogP contribution in [-0.2, 0) is 12.8 Å². The van der Waals surface area contributed by atoms with Gasteiger partial charge in [-0.1, -0.05) is 25.3 Å². The minimum absolute atomic E-state index is 0.275. The fourth-order valence-corrected chi connectivity index (χ4v) is 4.83. The summed E-state index contributed by atoms with van der Waals surface area (Å²) >= 11 is 0. The average molecular weight is 297 g/mol. The third-order valence-corrected chi connectivity index (χ3v) is 6.17. The number of likely N-dealkylation sites (tertiary alicyclic amines) is 1. The van der Waals surface area contributed by atoms with E-state index < -0.39 is 0 Å². The molecule has 22 heavy (non-hydrogen) atoms. The summed E-state index contributed by atoms with van der Waals surface area (Å²) in [6.45, 7) is 1.97. The van der Waals surface area contributed by atoms with Crippen LogP contribution in [0.1, 0.15) is 66.4 Å². The van der Waals surface area contributed by atoms with Crippen LogP contribution in [0, 0.1) is 11.8 Å². The summed E-state index contributed by atoms with van der Waals surface area (Å²) in [5.74, 6) is 1.93. The Morgan fingerprint density at radius 2 is 1.68 bits per heavy atom. The first-order valence-electron chi connectivity index (χ1n) is 9.22. The van der Waals surface area contributed by atoms with E-state index in [0.29, 0.717) is 0 Å². The Bertz CT molecular complexity index is 565. The van der Waals surface area contributed by atoms with E-state index in [-0.39, 0.29) is 5.91 Å². The largest absolute Gasteiger partial charge is 0.338 e. The molecular weight excluding hydrogens is 270 g/mol. The first kappa shape index (κ1) is 14.3. The number of benzene rings is 1. The third kappa shape index (κ3) is 2.68. The van der Waals surface area contributed by atoms with Crippen molar-refractivity contribution in [3.05, 3.63) is 34.9 Å². The molecule has 2 aliphatic carbocycles. The molecule has 0 N–H and O–H groups in total. The van der Waals surface area contributed by atoms with Crippen LogP contribution in [-0.4, -0.2) is 23.9 Å². The molecule has 2 nitrogen and oxygen atoms in total. The number of amides is 1. The van der Waals surface area contributed by atoms with E-state index in [0.717, 1.165) is 36.9 Å². The molecule has 1 aliphatic heterocycles. The Morgan fingerprint density at radius 1 is 0.909 bits per heavy atom. The quantitative estimate of drug-likeness (QED) is 0.760. The molecule has 0 aromatic heterocycles. The summed E-state index contributed by atoms with van der Waals surface area (Å²) in [7, 11) is 0. The number of hydrogen-bond acceptors (Lipinski definition) is 1. The summed E-state index contributed by atoms with van der Waals surface area (Å²) in [5, 5.41) is 0. The number of nitrogens with zero attached hydrogens (tertiary/aromatic N) is 1. The molecule has 1 saturated heterocycles. The van der Waals surface area contributed by atoms with Crippen molar-refractivity contribution in [1.82, 2.24) is 4.90 Å². The molecule has 4 rings (SSSR count). The number of hydrogen-bond donors (Lipinski definition) is 0. The molecule has 1 saturated carbocycles. The van der Waals surface area contributed by atoms with Crippen molar-refractivity contribution in [2.75, 3.05) is 13.1 Å². The number of aryl methyl sites for hydroxylation is 2. The summed E-state index contributed by atoms with van der Waals surface area (Å²) in [4.78, 5) is 15.0. The maximum absolute atomic E-state index is 12.9. The van der Waals surface area contributed by atoms with E-state index >= 15 is 0 Å². The smallest absolute Gasteiger partial charge is 0.253 e. The predicted molar refractivity (Wildman–Crippen MR) is 89.1 cm³/mol. The average Bonchev–Trinajstić information content (AvgIpc) is 2.60. The summed E-state index contributed by atoms with van der Waals surface area (Å²) in [6, 6.07) is 6.46. The topological polar surface area (TPSA) is 20.3 Å². The van der Waals surface area contributed by atoms with Gasteiger partial charge in [-0.15, -0.1) is 0 Å². The van der Waals surface area contributed by atoms with Gasteiger partial charge in [0.25, 0.3) is 5.91 Å². The van der Waals surface area contributed by atoms with Crippen molar-refractivity contribution >= 4 is 5.91 Å². The Balaban J connectivity index is 1.49. The molecule has 118 valence electrons. The minimum atomic E-state index is 0.275. The summed E-state index contributed by atoms with van der Waals surface area (Å²) in [5.41, 5.74) is 3.81. The van der Waals surface area contributed by atoms with Gasteiger partial charge in [0.2, 0.25) is 0 Å². The molecule has 0 bridgehead atoms. The zero-order valence-electron chi connectivity index (χ0n) is 13.5. The van der Waals surface area contributed by atoms with Crippen LogP contribution in [0.25, 0.3) is 0 Å². The monoisotopic (exact) mass is 297 g/mol. The van der Waals surface area contributed by atoms with Crippen LogP contribution in [0.15, 0.2) is 18.2 Å². The zero-order valence-corrected chi connectivity index (χ0v) is 13.5. The first-order chi connectivity index (χ1) is 10.8. The van der Waals surface area contributed by atoms with Gasteiger partial charge in [-0.2, -0.15) is 0 Å². The van der Waals surface area contributed by atoms with Gasteiger partial charge in [0.1, 0.15) is 0 Å². The zero-order chi connectivity index (χ0) is 14.9. The molecule has 2 heteroatoms. The summed E-state index contributed by atoms with van der Waals surface area (Å²) < 4.78 is 0. The van der Waals surface area contributed by atoms with Crippen LogP contribution in [0.4, 0.5) is 0 Å². The SMILES string of the molecule is O=C(c1ccc2c(c1)CCCC2)N1CC[C@@H]2CCCC[C@H]2C1. The second kappa shape index (κ2) is 6.06. The maximum atomic E-state index is 12.9. The third-order valence-electron chi connectivity index (χ3n) is 6.17. The van der Waals surface area contributed by atoms with Gasteiger partial charge in [-0.25, -0.2) is 0 Å². The number of carbonyl (C=O) groups is 1. The predicted octanol–water partition coefficient (Wildman–Crippen LogP) is 4.22. The highest BCUT2D eigenvalue weighted by Gasteiger charge is 2.33. The lowest BCUT2D eigenvalue weighted by molar-refractivity contribution is 0.0521. The van der Waals surface area contributed by atoms with Gasteiger partial charge in [0.15, 0.2) is 0 Å². The highest BCUT2D eigenvalue weighted by molar-refractivity contribution is 5.94. The number of piperidine rings is 1. The first-order valence-corrected chi connectivity index (χ1v) is 9.22. The van der Waals surface area contributed by atoms with Crippen LogP contribution in [0.2, 0.25) is 0 Å². The van der Waals surface area contributed by atoms with E-state index in [9.17, 15) is 4.79 Å². The van der Waals surface area contributed by atoms with E-state index in [1.165, 1.54) is 62.5 Å². The molecule has 1 aromatic rings. The second-order valence-corrected chi connectivity index (χ2v) is 7.54. The molecule has 1 amide bonds. The molecule has 3 aliphatic rings. The Hall–Kier alpha value is -1.31. The van der Waals surface area contributed by atoms with Gasteiger partial charge >= 0.3 is 0 Å². The highest BCUT2D eigenvalue weighted by Crippen LogP contribution is 2.36. The Labute approximate surface area is 133 Å². The van der Waals surface area contributed by atoms with Gasteiger partial charge in [-0.3, -0.25) is 4.79 Å². The van der Waals surface area contributed by atoms with E-state index in [1.54, 1.807) is 0 Å². The molecule has 2 atom stereocenters. The highest BCUT2D eigenvalue weighted by atomic mass is 16.2. The fraction of sp³-hybridized carbons (Fsp3) is 0.650. The minimum Gasteiger partial charge on any atom is -0.338 e. The van der Waals surface area contributed by atoms with Crippen LogP contribution >= 0.6 is 0 Å². The molecule has 1 heterocycles. The standard InChI is InChI=1S/C20H27NO/c22-20(18-10-9-15-5-1-3-7-17(15)13-18)21-12-11-16-6-2-4-8-19(16)14-21/h9-10,13,16,19H,1-8,11-12,14H2/t16-,19-/m0/s1. The molecular formula is C20H27NO.